The molecule has 3 aliphatic heterocycles. The van der Waals surface area contributed by atoms with Crippen LogP contribution in [0.2, 0.25) is 0 Å². The minimum atomic E-state index is 0.166. The van der Waals surface area contributed by atoms with Crippen LogP contribution in [0.25, 0.3) is 10.4 Å². The number of carbonyl (C=O) groups is 1. The lowest BCUT2D eigenvalue weighted by Crippen LogP contribution is -2.51. The molecule has 0 spiro atoms. The number of anilines is 1. The first-order valence-electron chi connectivity index (χ1n) is 7.97. The van der Waals surface area contributed by atoms with Crippen molar-refractivity contribution in [2.45, 2.75) is 12.8 Å². The van der Waals surface area contributed by atoms with Gasteiger partial charge in [-0.15, -0.1) is 11.3 Å². The number of rotatable bonds is 3. The number of carbonyl (C=O) groups excluding carboxylic acids is 1. The van der Waals surface area contributed by atoms with Crippen LogP contribution in [0.3, 0.4) is 0 Å². The Kier molecular flexibility index (Phi) is 3.72. The van der Waals surface area contributed by atoms with Gasteiger partial charge in [-0.05, 0) is 61.0 Å². The second kappa shape index (κ2) is 5.86. The summed E-state index contributed by atoms with van der Waals surface area (Å²) in [7, 11) is 0. The van der Waals surface area contributed by atoms with Gasteiger partial charge < -0.3 is 10.2 Å². The summed E-state index contributed by atoms with van der Waals surface area (Å²) in [5.74, 6) is 0.938. The summed E-state index contributed by atoms with van der Waals surface area (Å²) >= 11 is 1.73. The number of hydrogen-bond donors (Lipinski definition) is 1. The van der Waals surface area contributed by atoms with Gasteiger partial charge in [0.1, 0.15) is 0 Å². The summed E-state index contributed by atoms with van der Waals surface area (Å²) in [6.07, 6.45) is 2.35. The van der Waals surface area contributed by atoms with Crippen molar-refractivity contribution < 1.29 is 4.79 Å². The molecule has 0 saturated carbocycles. The fourth-order valence-electron chi connectivity index (χ4n) is 3.66. The van der Waals surface area contributed by atoms with Gasteiger partial charge in [-0.2, -0.15) is 0 Å². The molecular formula is C18H20N2OS. The van der Waals surface area contributed by atoms with Gasteiger partial charge in [0.05, 0.1) is 5.92 Å². The highest BCUT2D eigenvalue weighted by molar-refractivity contribution is 7.13. The molecule has 0 radical (unpaired) electrons. The van der Waals surface area contributed by atoms with Gasteiger partial charge in [0, 0.05) is 17.1 Å². The third kappa shape index (κ3) is 2.69. The van der Waals surface area contributed by atoms with E-state index in [1.165, 1.54) is 36.4 Å². The third-order valence-electron chi connectivity index (χ3n) is 4.95. The number of nitrogens with one attached hydrogen (secondary N) is 1. The zero-order valence-corrected chi connectivity index (χ0v) is 13.3. The molecule has 3 nitrogen and oxygen atoms in total. The number of benzene rings is 1. The molecule has 22 heavy (non-hydrogen) atoms. The maximum absolute atomic E-state index is 12.5. The molecule has 3 fully saturated rings. The van der Waals surface area contributed by atoms with E-state index in [-0.39, 0.29) is 11.8 Å². The van der Waals surface area contributed by atoms with Crippen LogP contribution in [-0.2, 0) is 4.79 Å². The summed E-state index contributed by atoms with van der Waals surface area (Å²) in [4.78, 5) is 16.2. The molecule has 1 aromatic heterocycles. The van der Waals surface area contributed by atoms with Crippen LogP contribution in [0.4, 0.5) is 5.69 Å². The molecule has 1 unspecified atom stereocenters. The molecule has 2 bridgehead atoms. The molecule has 1 aromatic carbocycles. The molecule has 5 rings (SSSR count). The van der Waals surface area contributed by atoms with Crippen molar-refractivity contribution in [2.24, 2.45) is 11.8 Å². The Morgan fingerprint density at radius 3 is 2.50 bits per heavy atom. The van der Waals surface area contributed by atoms with Gasteiger partial charge in [0.25, 0.3) is 0 Å². The van der Waals surface area contributed by atoms with Crippen molar-refractivity contribution in [3.05, 3.63) is 41.8 Å². The highest BCUT2D eigenvalue weighted by Gasteiger charge is 2.38. The molecule has 1 amide bonds. The molecule has 2 aromatic rings. The fourth-order valence-corrected chi connectivity index (χ4v) is 4.39. The van der Waals surface area contributed by atoms with E-state index in [2.05, 4.69) is 39.9 Å². The van der Waals surface area contributed by atoms with Crippen molar-refractivity contribution in [2.75, 3.05) is 25.0 Å². The highest BCUT2D eigenvalue weighted by atomic mass is 32.1. The third-order valence-corrected chi connectivity index (χ3v) is 5.87. The van der Waals surface area contributed by atoms with Crippen LogP contribution in [0.5, 0.6) is 0 Å². The first-order valence-corrected chi connectivity index (χ1v) is 8.85. The SMILES string of the molecule is O=C(Nc1ccc(-c2cccs2)cc1)C1CN2CCC1CC2. The summed E-state index contributed by atoms with van der Waals surface area (Å²) in [6.45, 7) is 3.28. The van der Waals surface area contributed by atoms with Crippen LogP contribution in [0.1, 0.15) is 12.8 Å². The quantitative estimate of drug-likeness (QED) is 0.937. The Morgan fingerprint density at radius 1 is 1.14 bits per heavy atom. The zero-order chi connectivity index (χ0) is 14.9. The number of thiophene rings is 1. The van der Waals surface area contributed by atoms with Crippen molar-refractivity contribution in [3.8, 4) is 10.4 Å². The molecule has 0 aliphatic carbocycles. The van der Waals surface area contributed by atoms with Gasteiger partial charge in [-0.3, -0.25) is 4.79 Å². The van der Waals surface area contributed by atoms with E-state index >= 15 is 0 Å². The topological polar surface area (TPSA) is 32.3 Å². The summed E-state index contributed by atoms with van der Waals surface area (Å²) in [5.41, 5.74) is 2.11. The molecule has 3 saturated heterocycles. The van der Waals surface area contributed by atoms with Crippen LogP contribution in [0.15, 0.2) is 41.8 Å². The Bertz CT molecular complexity index is 642. The lowest BCUT2D eigenvalue weighted by atomic mass is 9.78. The highest BCUT2D eigenvalue weighted by Crippen LogP contribution is 2.33. The Morgan fingerprint density at radius 2 is 1.91 bits per heavy atom. The maximum Gasteiger partial charge on any atom is 0.229 e. The van der Waals surface area contributed by atoms with Crippen LogP contribution in [0, 0.1) is 11.8 Å². The van der Waals surface area contributed by atoms with Crippen molar-refractivity contribution in [1.29, 1.82) is 0 Å². The van der Waals surface area contributed by atoms with Gasteiger partial charge >= 0.3 is 0 Å². The predicted octanol–water partition coefficient (Wildman–Crippen LogP) is 3.70. The number of fused-ring (bicyclic) bond motifs is 3. The molecule has 3 aliphatic rings. The standard InChI is InChI=1S/C18H20N2OS/c21-18(16-12-20-9-7-13(16)8-10-20)19-15-5-3-14(4-6-15)17-2-1-11-22-17/h1-6,11,13,16H,7-10,12H2,(H,19,21). The molecule has 1 atom stereocenters. The van der Waals surface area contributed by atoms with E-state index in [4.69, 9.17) is 0 Å². The lowest BCUT2D eigenvalue weighted by Gasteiger charge is -2.43. The van der Waals surface area contributed by atoms with Crippen molar-refractivity contribution in [1.82, 2.24) is 4.90 Å². The summed E-state index contributed by atoms with van der Waals surface area (Å²) < 4.78 is 0. The second-order valence-corrected chi connectivity index (χ2v) is 7.24. The number of hydrogen-bond acceptors (Lipinski definition) is 3. The van der Waals surface area contributed by atoms with Crippen molar-refractivity contribution >= 4 is 22.9 Å². The number of piperidine rings is 3. The van der Waals surface area contributed by atoms with E-state index < -0.39 is 0 Å². The van der Waals surface area contributed by atoms with Gasteiger partial charge in [0.2, 0.25) is 5.91 Å². The molecule has 1 N–H and O–H groups in total. The normalized spacial score (nSPS) is 26.8. The first kappa shape index (κ1) is 14.0. The molecule has 4 heterocycles. The van der Waals surface area contributed by atoms with Crippen LogP contribution >= 0.6 is 11.3 Å². The lowest BCUT2D eigenvalue weighted by molar-refractivity contribution is -0.125. The first-order chi connectivity index (χ1) is 10.8. The van der Waals surface area contributed by atoms with E-state index in [9.17, 15) is 4.79 Å². The van der Waals surface area contributed by atoms with E-state index in [1.807, 2.05) is 12.1 Å². The Hall–Kier alpha value is -1.65. The van der Waals surface area contributed by atoms with Crippen molar-refractivity contribution in [3.63, 3.8) is 0 Å². The zero-order valence-electron chi connectivity index (χ0n) is 12.5. The molecular weight excluding hydrogens is 292 g/mol. The maximum atomic E-state index is 12.5. The van der Waals surface area contributed by atoms with E-state index in [1.54, 1.807) is 11.3 Å². The number of nitrogens with zero attached hydrogens (tertiary/aromatic N) is 1. The fraction of sp³-hybridized carbons (Fsp3) is 0.389. The minimum Gasteiger partial charge on any atom is -0.326 e. The van der Waals surface area contributed by atoms with E-state index in [0.29, 0.717) is 5.92 Å². The minimum absolute atomic E-state index is 0.166. The molecule has 114 valence electrons. The second-order valence-electron chi connectivity index (χ2n) is 6.29. The number of amides is 1. The van der Waals surface area contributed by atoms with E-state index in [0.717, 1.165) is 12.2 Å². The van der Waals surface area contributed by atoms with Gasteiger partial charge in [-0.1, -0.05) is 18.2 Å². The van der Waals surface area contributed by atoms with Gasteiger partial charge in [0.15, 0.2) is 0 Å². The monoisotopic (exact) mass is 312 g/mol. The summed E-state index contributed by atoms with van der Waals surface area (Å²) in [5, 5.41) is 5.19. The summed E-state index contributed by atoms with van der Waals surface area (Å²) in [6, 6.07) is 12.4. The Labute approximate surface area is 135 Å². The van der Waals surface area contributed by atoms with Gasteiger partial charge in [-0.25, -0.2) is 0 Å². The Balaban J connectivity index is 1.44. The van der Waals surface area contributed by atoms with Crippen LogP contribution in [-0.4, -0.2) is 30.4 Å². The predicted molar refractivity (Wildman–Crippen MR) is 91.0 cm³/mol. The smallest absolute Gasteiger partial charge is 0.229 e. The average molecular weight is 312 g/mol. The largest absolute Gasteiger partial charge is 0.326 e. The molecule has 4 heteroatoms. The average Bonchev–Trinajstić information content (AvgIpc) is 3.11. The van der Waals surface area contributed by atoms with Crippen LogP contribution < -0.4 is 5.32 Å².